The van der Waals surface area contributed by atoms with Crippen molar-refractivity contribution < 1.29 is 34.1 Å². The Kier molecular flexibility index (Phi) is 6.51. The minimum Gasteiger partial charge on any atom is -0.480 e. The van der Waals surface area contributed by atoms with E-state index in [0.29, 0.717) is 15.6 Å². The Bertz CT molecular complexity index is 720. The Balaban J connectivity index is 2.30. The van der Waals surface area contributed by atoms with Crippen LogP contribution in [0.4, 0.5) is 4.79 Å². The van der Waals surface area contributed by atoms with Gasteiger partial charge in [-0.25, -0.2) is 9.59 Å². The number of amides is 3. The third-order valence-electron chi connectivity index (χ3n) is 3.98. The lowest BCUT2D eigenvalue weighted by atomic mass is 10.0. The highest BCUT2D eigenvalue weighted by atomic mass is 16.6. The van der Waals surface area contributed by atoms with E-state index in [2.05, 4.69) is 0 Å². The maximum Gasteiger partial charge on any atom is 0.430 e. The summed E-state index contributed by atoms with van der Waals surface area (Å²) in [6, 6.07) is 7.18. The van der Waals surface area contributed by atoms with Crippen molar-refractivity contribution in [1.29, 1.82) is 0 Å². The first kappa shape index (κ1) is 20.4. The largest absolute Gasteiger partial charge is 0.480 e. The lowest BCUT2D eigenvalue weighted by molar-refractivity contribution is -0.167. The van der Waals surface area contributed by atoms with Crippen LogP contribution in [0.3, 0.4) is 0 Å². The minimum absolute atomic E-state index is 0.0110. The van der Waals surface area contributed by atoms with E-state index in [1.165, 1.54) is 0 Å². The summed E-state index contributed by atoms with van der Waals surface area (Å²) in [6.07, 6.45) is -3.30. The van der Waals surface area contributed by atoms with Gasteiger partial charge in [0.1, 0.15) is 12.7 Å². The van der Waals surface area contributed by atoms with Gasteiger partial charge in [-0.2, -0.15) is 10.0 Å². The first-order chi connectivity index (χ1) is 12.7. The molecule has 9 nitrogen and oxygen atoms in total. The summed E-state index contributed by atoms with van der Waals surface area (Å²) in [7, 11) is 0. The summed E-state index contributed by atoms with van der Waals surface area (Å²) in [6.45, 7) is 3.32. The molecule has 1 aromatic rings. The highest BCUT2D eigenvalue weighted by Gasteiger charge is 2.47. The van der Waals surface area contributed by atoms with Crippen LogP contribution in [-0.4, -0.2) is 56.3 Å². The lowest BCUT2D eigenvalue weighted by Gasteiger charge is -2.34. The van der Waals surface area contributed by atoms with E-state index in [0.717, 1.165) is 0 Å². The number of aliphatic hydroxyl groups is 1. The molecular formula is C18H22N2O7. The summed E-state index contributed by atoms with van der Waals surface area (Å²) in [4.78, 5) is 48.7. The van der Waals surface area contributed by atoms with E-state index in [1.807, 2.05) is 0 Å². The average molecular weight is 378 g/mol. The van der Waals surface area contributed by atoms with E-state index in [4.69, 9.17) is 4.74 Å². The van der Waals surface area contributed by atoms with Gasteiger partial charge in [0.15, 0.2) is 6.04 Å². The quantitative estimate of drug-likeness (QED) is 0.682. The van der Waals surface area contributed by atoms with Crippen molar-refractivity contribution in [3.8, 4) is 0 Å². The van der Waals surface area contributed by atoms with Crippen LogP contribution in [-0.2, 0) is 25.7 Å². The number of hydrogen-bond donors (Lipinski definition) is 2. The fourth-order valence-corrected chi connectivity index (χ4v) is 2.72. The molecule has 27 heavy (non-hydrogen) atoms. The molecule has 2 atom stereocenters. The van der Waals surface area contributed by atoms with Gasteiger partial charge in [-0.3, -0.25) is 9.59 Å². The van der Waals surface area contributed by atoms with Crippen LogP contribution in [0.5, 0.6) is 0 Å². The molecule has 2 rings (SSSR count). The number of hydrazine groups is 1. The zero-order valence-electron chi connectivity index (χ0n) is 15.1. The number of carbonyl (C=O) groups excluding carboxylic acids is 3. The summed E-state index contributed by atoms with van der Waals surface area (Å²) < 4.78 is 5.14. The van der Waals surface area contributed by atoms with Crippen LogP contribution >= 0.6 is 0 Å². The Hall–Kier alpha value is -2.94. The van der Waals surface area contributed by atoms with Crippen molar-refractivity contribution in [2.24, 2.45) is 5.92 Å². The number of carboxylic acid groups (broad SMARTS) is 1. The standard InChI is InChI=1S/C18H22N2O7/c1-11(2)8-13(17(24)25)19(20-15(22)9-14(21)16(20)23)18(26)27-10-12-6-4-3-5-7-12/h3-7,11,13-14,21H,8-10H2,1-2H3,(H,24,25)/t13-,14?/m0/s1. The van der Waals surface area contributed by atoms with Gasteiger partial charge >= 0.3 is 12.1 Å². The number of ether oxygens (including phenoxy) is 1. The highest BCUT2D eigenvalue weighted by Crippen LogP contribution is 2.23. The number of aliphatic carboxylic acids is 1. The Morgan fingerprint density at radius 1 is 1.26 bits per heavy atom. The van der Waals surface area contributed by atoms with Crippen LogP contribution in [0.15, 0.2) is 30.3 Å². The normalized spacial score (nSPS) is 17.9. The third-order valence-corrected chi connectivity index (χ3v) is 3.98. The van der Waals surface area contributed by atoms with Gasteiger partial charge < -0.3 is 14.9 Å². The predicted octanol–water partition coefficient (Wildman–Crippen LogP) is 1.16. The van der Waals surface area contributed by atoms with Crippen LogP contribution in [0.2, 0.25) is 0 Å². The van der Waals surface area contributed by atoms with Crippen molar-refractivity contribution in [3.63, 3.8) is 0 Å². The zero-order chi connectivity index (χ0) is 20.1. The molecule has 2 N–H and O–H groups in total. The molecule has 0 aromatic heterocycles. The molecule has 1 aliphatic rings. The summed E-state index contributed by atoms with van der Waals surface area (Å²) in [5.74, 6) is -3.44. The molecule has 0 aliphatic carbocycles. The molecule has 1 fully saturated rings. The van der Waals surface area contributed by atoms with E-state index in [-0.39, 0.29) is 18.9 Å². The fraction of sp³-hybridized carbons (Fsp3) is 0.444. The second-order valence-corrected chi connectivity index (χ2v) is 6.63. The van der Waals surface area contributed by atoms with Gasteiger partial charge in [0.2, 0.25) is 0 Å². The molecule has 146 valence electrons. The van der Waals surface area contributed by atoms with E-state index in [9.17, 15) is 29.4 Å². The van der Waals surface area contributed by atoms with Crippen molar-refractivity contribution in [3.05, 3.63) is 35.9 Å². The van der Waals surface area contributed by atoms with Gasteiger partial charge in [-0.15, -0.1) is 0 Å². The minimum atomic E-state index is -1.62. The first-order valence-corrected chi connectivity index (χ1v) is 8.49. The Morgan fingerprint density at radius 3 is 2.37 bits per heavy atom. The van der Waals surface area contributed by atoms with Crippen molar-refractivity contribution in [2.45, 2.75) is 45.4 Å². The SMILES string of the molecule is CC(C)C[C@@H](C(=O)O)N(C(=O)OCc1ccccc1)N1C(=O)CC(O)C1=O. The van der Waals surface area contributed by atoms with Crippen molar-refractivity contribution in [1.82, 2.24) is 10.0 Å². The van der Waals surface area contributed by atoms with E-state index >= 15 is 0 Å². The Morgan fingerprint density at radius 2 is 1.89 bits per heavy atom. The number of carbonyl (C=O) groups is 4. The number of benzene rings is 1. The maximum absolute atomic E-state index is 12.6. The van der Waals surface area contributed by atoms with Gasteiger partial charge in [0.05, 0.1) is 6.42 Å². The fourth-order valence-electron chi connectivity index (χ4n) is 2.72. The topological polar surface area (TPSA) is 124 Å². The number of rotatable bonds is 7. The van der Waals surface area contributed by atoms with Crippen LogP contribution < -0.4 is 0 Å². The number of hydrogen-bond acceptors (Lipinski definition) is 6. The van der Waals surface area contributed by atoms with Gasteiger partial charge in [-0.05, 0) is 17.9 Å². The number of nitrogens with zero attached hydrogens (tertiary/aromatic N) is 2. The lowest BCUT2D eigenvalue weighted by Crippen LogP contribution is -2.58. The zero-order valence-corrected chi connectivity index (χ0v) is 15.1. The molecule has 1 saturated heterocycles. The maximum atomic E-state index is 12.6. The molecule has 3 amide bonds. The third kappa shape index (κ3) is 4.82. The average Bonchev–Trinajstić information content (AvgIpc) is 2.86. The van der Waals surface area contributed by atoms with Crippen LogP contribution in [0.25, 0.3) is 0 Å². The molecule has 0 spiro atoms. The summed E-state index contributed by atoms with van der Waals surface area (Å²) in [5, 5.41) is 20.1. The number of aliphatic hydroxyl groups excluding tert-OH is 1. The van der Waals surface area contributed by atoms with E-state index < -0.39 is 42.4 Å². The second-order valence-electron chi connectivity index (χ2n) is 6.63. The molecule has 1 unspecified atom stereocenters. The summed E-state index contributed by atoms with van der Waals surface area (Å²) in [5.41, 5.74) is 0.653. The predicted molar refractivity (Wildman–Crippen MR) is 91.8 cm³/mol. The van der Waals surface area contributed by atoms with Crippen LogP contribution in [0, 0.1) is 5.92 Å². The highest BCUT2D eigenvalue weighted by molar-refractivity contribution is 6.06. The molecule has 0 radical (unpaired) electrons. The molecule has 1 heterocycles. The van der Waals surface area contributed by atoms with Crippen molar-refractivity contribution >= 4 is 23.9 Å². The number of carboxylic acids is 1. The molecule has 9 heteroatoms. The second kappa shape index (κ2) is 8.63. The first-order valence-electron chi connectivity index (χ1n) is 8.49. The summed E-state index contributed by atoms with van der Waals surface area (Å²) >= 11 is 0. The van der Waals surface area contributed by atoms with Gasteiger partial charge in [-0.1, -0.05) is 44.2 Å². The monoisotopic (exact) mass is 378 g/mol. The molecule has 0 bridgehead atoms. The molecule has 1 aromatic carbocycles. The van der Waals surface area contributed by atoms with Gasteiger partial charge in [0, 0.05) is 0 Å². The molecule has 0 saturated carbocycles. The molecular weight excluding hydrogens is 356 g/mol. The van der Waals surface area contributed by atoms with Gasteiger partial charge in [0.25, 0.3) is 11.8 Å². The number of imide groups is 1. The van der Waals surface area contributed by atoms with E-state index in [1.54, 1.807) is 44.2 Å². The molecule has 1 aliphatic heterocycles. The van der Waals surface area contributed by atoms with Crippen molar-refractivity contribution in [2.75, 3.05) is 0 Å². The Labute approximate surface area is 156 Å². The smallest absolute Gasteiger partial charge is 0.430 e. The van der Waals surface area contributed by atoms with Crippen LogP contribution in [0.1, 0.15) is 32.3 Å².